The van der Waals surface area contributed by atoms with Crippen molar-refractivity contribution in [2.75, 3.05) is 21.0 Å². The lowest BCUT2D eigenvalue weighted by Gasteiger charge is -2.35. The normalized spacial score (nSPS) is 12.3. The van der Waals surface area contributed by atoms with Gasteiger partial charge in [0.15, 0.2) is 6.79 Å². The van der Waals surface area contributed by atoms with Gasteiger partial charge in [0.1, 0.15) is 5.75 Å². The summed E-state index contributed by atoms with van der Waals surface area (Å²) in [6, 6.07) is 15.0. The molecule has 0 saturated carbocycles. The van der Waals surface area contributed by atoms with E-state index < -0.39 is 0 Å². The zero-order chi connectivity index (χ0) is 19.0. The first-order chi connectivity index (χ1) is 12.6. The SMILES string of the molecule is CCC(CC)(Pc1ccccc1/C=N/C)c1cccc(C)c1OCOC. The molecule has 0 spiro atoms. The van der Waals surface area contributed by atoms with Gasteiger partial charge in [0.05, 0.1) is 0 Å². The molecule has 0 aliphatic heterocycles. The summed E-state index contributed by atoms with van der Waals surface area (Å²) in [5.41, 5.74) is 3.63. The molecule has 0 amide bonds. The van der Waals surface area contributed by atoms with E-state index in [1.54, 1.807) is 7.11 Å². The Morgan fingerprint density at radius 1 is 1.08 bits per heavy atom. The van der Waals surface area contributed by atoms with Gasteiger partial charge in [-0.3, -0.25) is 4.99 Å². The fourth-order valence-corrected chi connectivity index (χ4v) is 5.01. The number of para-hydroxylation sites is 1. The lowest BCUT2D eigenvalue weighted by molar-refractivity contribution is 0.0494. The Morgan fingerprint density at radius 2 is 1.81 bits per heavy atom. The van der Waals surface area contributed by atoms with Gasteiger partial charge in [0.25, 0.3) is 0 Å². The number of methoxy groups -OCH3 is 1. The van der Waals surface area contributed by atoms with Crippen molar-refractivity contribution in [1.29, 1.82) is 0 Å². The third-order valence-electron chi connectivity index (χ3n) is 4.86. The maximum Gasteiger partial charge on any atom is 0.188 e. The van der Waals surface area contributed by atoms with Gasteiger partial charge in [0.2, 0.25) is 0 Å². The van der Waals surface area contributed by atoms with E-state index in [0.29, 0.717) is 8.58 Å². The highest BCUT2D eigenvalue weighted by Crippen LogP contribution is 2.50. The average Bonchev–Trinajstić information content (AvgIpc) is 2.67. The first-order valence-corrected chi connectivity index (χ1v) is 10.1. The second-order valence-corrected chi connectivity index (χ2v) is 8.14. The van der Waals surface area contributed by atoms with Crippen LogP contribution in [0.25, 0.3) is 0 Å². The molecule has 1 unspecified atom stereocenters. The van der Waals surface area contributed by atoms with Crippen molar-refractivity contribution in [2.45, 2.75) is 38.8 Å². The summed E-state index contributed by atoms with van der Waals surface area (Å²) in [6.07, 6.45) is 4.05. The van der Waals surface area contributed by atoms with Gasteiger partial charge in [-0.25, -0.2) is 0 Å². The number of aliphatic imine (C=N–C) groups is 1. The van der Waals surface area contributed by atoms with Crippen LogP contribution < -0.4 is 10.0 Å². The zero-order valence-electron chi connectivity index (χ0n) is 16.5. The summed E-state index contributed by atoms with van der Waals surface area (Å²) >= 11 is 0. The molecule has 26 heavy (non-hydrogen) atoms. The van der Waals surface area contributed by atoms with Crippen molar-refractivity contribution in [3.8, 4) is 5.75 Å². The van der Waals surface area contributed by atoms with Crippen LogP contribution in [-0.2, 0) is 9.89 Å². The Balaban J connectivity index is 2.53. The first kappa shape index (κ1) is 20.6. The fraction of sp³-hybridized carbons (Fsp3) is 0.409. The number of rotatable bonds is 9. The molecule has 2 rings (SSSR count). The highest BCUT2D eigenvalue weighted by molar-refractivity contribution is 7.48. The molecule has 0 bridgehead atoms. The van der Waals surface area contributed by atoms with Gasteiger partial charge in [0, 0.05) is 31.1 Å². The molecule has 4 heteroatoms. The number of aryl methyl sites for hydroxylation is 1. The quantitative estimate of drug-likeness (QED) is 0.351. The van der Waals surface area contributed by atoms with Gasteiger partial charge < -0.3 is 9.47 Å². The van der Waals surface area contributed by atoms with Crippen molar-refractivity contribution in [1.82, 2.24) is 0 Å². The van der Waals surface area contributed by atoms with Crippen LogP contribution in [0, 0.1) is 6.92 Å². The summed E-state index contributed by atoms with van der Waals surface area (Å²) in [4.78, 5) is 4.23. The van der Waals surface area contributed by atoms with Crippen molar-refractivity contribution >= 4 is 20.1 Å². The molecule has 0 aromatic heterocycles. The number of benzene rings is 2. The Morgan fingerprint density at radius 3 is 2.46 bits per heavy atom. The van der Waals surface area contributed by atoms with E-state index >= 15 is 0 Å². The molecule has 3 nitrogen and oxygen atoms in total. The molecule has 0 heterocycles. The predicted octanol–water partition coefficient (Wildman–Crippen LogP) is 5.05. The second-order valence-electron chi connectivity index (χ2n) is 6.39. The molecule has 140 valence electrons. The Labute approximate surface area is 159 Å². The monoisotopic (exact) mass is 371 g/mol. The largest absolute Gasteiger partial charge is 0.467 e. The lowest BCUT2D eigenvalue weighted by Crippen LogP contribution is -2.24. The minimum absolute atomic E-state index is 0.0345. The molecular formula is C22H30NO2P. The first-order valence-electron chi connectivity index (χ1n) is 9.13. The summed E-state index contributed by atoms with van der Waals surface area (Å²) in [5.74, 6) is 0.965. The summed E-state index contributed by atoms with van der Waals surface area (Å²) in [5, 5.41) is 1.38. The molecule has 0 radical (unpaired) electrons. The second kappa shape index (κ2) is 9.85. The standard InChI is InChI=1S/C22H30NO2P/c1-6-22(7-2,26-20-14-9-8-12-18(20)15-23-4)19-13-10-11-17(3)21(19)25-16-24-5/h8-15,26H,6-7,16H2,1-5H3/b23-15+. The van der Waals surface area contributed by atoms with E-state index in [9.17, 15) is 0 Å². The van der Waals surface area contributed by atoms with Crippen molar-refractivity contribution in [3.05, 3.63) is 59.2 Å². The predicted molar refractivity (Wildman–Crippen MR) is 114 cm³/mol. The van der Waals surface area contributed by atoms with E-state index in [0.717, 1.165) is 24.2 Å². The van der Waals surface area contributed by atoms with Crippen molar-refractivity contribution in [2.24, 2.45) is 4.99 Å². The van der Waals surface area contributed by atoms with Gasteiger partial charge in [-0.1, -0.05) is 64.9 Å². The minimum atomic E-state index is 0.0345. The van der Waals surface area contributed by atoms with Gasteiger partial charge >= 0.3 is 0 Å². The van der Waals surface area contributed by atoms with Crippen LogP contribution in [0.5, 0.6) is 5.75 Å². The molecule has 0 saturated heterocycles. The van der Waals surface area contributed by atoms with Crippen LogP contribution in [0.4, 0.5) is 0 Å². The fourth-order valence-electron chi connectivity index (χ4n) is 3.33. The Kier molecular flexibility index (Phi) is 7.81. The van der Waals surface area contributed by atoms with Crippen LogP contribution in [0.15, 0.2) is 47.5 Å². The summed E-state index contributed by atoms with van der Waals surface area (Å²) in [6.45, 7) is 6.92. The van der Waals surface area contributed by atoms with Gasteiger partial charge in [-0.05, 0) is 36.2 Å². The summed E-state index contributed by atoms with van der Waals surface area (Å²) < 4.78 is 11.2. The lowest BCUT2D eigenvalue weighted by atomic mass is 9.90. The van der Waals surface area contributed by atoms with Crippen LogP contribution >= 0.6 is 8.58 Å². The highest BCUT2D eigenvalue weighted by atomic mass is 31.1. The van der Waals surface area contributed by atoms with Crippen molar-refractivity contribution < 1.29 is 9.47 Å². The Hall–Kier alpha value is -1.70. The van der Waals surface area contributed by atoms with E-state index in [4.69, 9.17) is 9.47 Å². The highest BCUT2D eigenvalue weighted by Gasteiger charge is 2.33. The molecule has 0 aliphatic carbocycles. The van der Waals surface area contributed by atoms with Crippen molar-refractivity contribution in [3.63, 3.8) is 0 Å². The van der Waals surface area contributed by atoms with Crippen LogP contribution in [0.3, 0.4) is 0 Å². The maximum atomic E-state index is 6.00. The third-order valence-corrected chi connectivity index (χ3v) is 7.04. The molecule has 0 aliphatic rings. The number of hydrogen-bond acceptors (Lipinski definition) is 3. The average molecular weight is 371 g/mol. The third kappa shape index (κ3) is 4.52. The number of hydrogen-bond donors (Lipinski definition) is 0. The number of ether oxygens (including phenoxy) is 2. The molecule has 2 aromatic rings. The minimum Gasteiger partial charge on any atom is -0.467 e. The van der Waals surface area contributed by atoms with Gasteiger partial charge in [-0.15, -0.1) is 0 Å². The van der Waals surface area contributed by atoms with Crippen LogP contribution in [0.1, 0.15) is 43.4 Å². The van der Waals surface area contributed by atoms with E-state index in [1.165, 1.54) is 16.4 Å². The molecule has 0 fully saturated rings. The van der Waals surface area contributed by atoms with E-state index in [1.807, 2.05) is 13.3 Å². The van der Waals surface area contributed by atoms with Gasteiger partial charge in [-0.2, -0.15) is 0 Å². The van der Waals surface area contributed by atoms with Crippen LogP contribution in [-0.4, -0.2) is 27.2 Å². The molecular weight excluding hydrogens is 341 g/mol. The smallest absolute Gasteiger partial charge is 0.188 e. The topological polar surface area (TPSA) is 30.8 Å². The maximum absolute atomic E-state index is 6.00. The molecule has 2 aromatic carbocycles. The van der Waals surface area contributed by atoms with Crippen LogP contribution in [0.2, 0.25) is 0 Å². The number of nitrogens with zero attached hydrogens (tertiary/aromatic N) is 1. The molecule has 1 atom stereocenters. The zero-order valence-corrected chi connectivity index (χ0v) is 17.5. The Bertz CT molecular complexity index is 739. The van der Waals surface area contributed by atoms with E-state index in [2.05, 4.69) is 68.2 Å². The van der Waals surface area contributed by atoms with E-state index in [-0.39, 0.29) is 11.9 Å². The molecule has 0 N–H and O–H groups in total. The summed E-state index contributed by atoms with van der Waals surface area (Å²) in [7, 11) is 4.12.